The molecule has 0 spiro atoms. The van der Waals surface area contributed by atoms with Crippen molar-refractivity contribution in [3.63, 3.8) is 0 Å². The van der Waals surface area contributed by atoms with E-state index >= 15 is 0 Å². The third-order valence-corrected chi connectivity index (χ3v) is 7.13. The second-order valence-electron chi connectivity index (χ2n) is 9.03. The lowest BCUT2D eigenvalue weighted by molar-refractivity contribution is 0.0373. The van der Waals surface area contributed by atoms with Gasteiger partial charge in [-0.2, -0.15) is 0 Å². The first-order valence-corrected chi connectivity index (χ1v) is 11.7. The highest BCUT2D eigenvalue weighted by Gasteiger charge is 2.45. The molecule has 3 N–H and O–H groups in total. The average molecular weight is 422 g/mol. The van der Waals surface area contributed by atoms with E-state index in [1.165, 1.54) is 5.56 Å². The van der Waals surface area contributed by atoms with Gasteiger partial charge in [0.2, 0.25) is 0 Å². The fraction of sp³-hybridized carbons (Fsp3) is 0.500. The lowest BCUT2D eigenvalue weighted by Gasteiger charge is -2.40. The molecule has 4 rings (SSSR count). The van der Waals surface area contributed by atoms with Gasteiger partial charge in [-0.3, -0.25) is 4.90 Å². The molecule has 1 unspecified atom stereocenters. The first kappa shape index (κ1) is 22.0. The molecule has 0 radical (unpaired) electrons. The smallest absolute Gasteiger partial charge is 0.135 e. The molecule has 2 fully saturated rings. The predicted molar refractivity (Wildman–Crippen MR) is 124 cm³/mol. The maximum absolute atomic E-state index is 12.1. The molecule has 2 aliphatic rings. The summed E-state index contributed by atoms with van der Waals surface area (Å²) in [5, 5.41) is 29.5. The molecule has 2 aromatic carbocycles. The van der Waals surface area contributed by atoms with Crippen LogP contribution >= 0.6 is 0 Å². The van der Waals surface area contributed by atoms with Crippen LogP contribution < -0.4 is 5.32 Å². The first-order valence-electron chi connectivity index (χ1n) is 11.7. The van der Waals surface area contributed by atoms with E-state index in [-0.39, 0.29) is 5.92 Å². The van der Waals surface area contributed by atoms with Crippen LogP contribution in [0.4, 0.5) is 0 Å². The topological polar surface area (TPSA) is 68.1 Å². The van der Waals surface area contributed by atoms with E-state index in [0.29, 0.717) is 18.3 Å². The number of hydrogen-bond donors (Lipinski definition) is 3. The highest BCUT2D eigenvalue weighted by molar-refractivity contribution is 5.95. The molecule has 0 amide bonds. The van der Waals surface area contributed by atoms with Gasteiger partial charge < -0.3 is 15.6 Å². The second kappa shape index (κ2) is 10.4. The summed E-state index contributed by atoms with van der Waals surface area (Å²) in [6.45, 7) is 3.22. The van der Waals surface area contributed by atoms with Crippen molar-refractivity contribution in [1.29, 1.82) is 0 Å². The van der Waals surface area contributed by atoms with E-state index < -0.39 is 5.60 Å². The van der Waals surface area contributed by atoms with Crippen molar-refractivity contribution in [2.45, 2.75) is 56.7 Å². The fourth-order valence-electron chi connectivity index (χ4n) is 5.40. The van der Waals surface area contributed by atoms with Gasteiger partial charge in [-0.05, 0) is 55.8 Å². The summed E-state index contributed by atoms with van der Waals surface area (Å²) >= 11 is 0. The molecule has 0 bridgehead atoms. The molecule has 1 aliphatic carbocycles. The van der Waals surface area contributed by atoms with Gasteiger partial charge in [0, 0.05) is 19.1 Å². The molecule has 1 saturated heterocycles. The predicted octanol–water partition coefficient (Wildman–Crippen LogP) is 4.15. The monoisotopic (exact) mass is 421 g/mol. The van der Waals surface area contributed by atoms with E-state index in [0.717, 1.165) is 63.7 Å². The van der Waals surface area contributed by atoms with Gasteiger partial charge in [0.15, 0.2) is 0 Å². The van der Waals surface area contributed by atoms with Crippen molar-refractivity contribution in [2.75, 3.05) is 19.6 Å². The van der Waals surface area contributed by atoms with E-state index in [1.54, 1.807) is 0 Å². The summed E-state index contributed by atoms with van der Waals surface area (Å²) in [5.41, 5.74) is 1.30. The Balaban J connectivity index is 1.65. The number of hydrogen-bond acceptors (Lipinski definition) is 5. The maximum atomic E-state index is 12.1. The van der Waals surface area contributed by atoms with Gasteiger partial charge in [-0.25, -0.2) is 0 Å². The van der Waals surface area contributed by atoms with Crippen LogP contribution in [-0.2, 0) is 12.1 Å². The van der Waals surface area contributed by atoms with Crippen LogP contribution in [0.2, 0.25) is 0 Å². The lowest BCUT2D eigenvalue weighted by Crippen LogP contribution is -2.51. The van der Waals surface area contributed by atoms with Crippen LogP contribution in [0.25, 0.3) is 0 Å². The highest BCUT2D eigenvalue weighted by Crippen LogP contribution is 2.42. The molecule has 1 atom stereocenters. The highest BCUT2D eigenvalue weighted by atomic mass is 16.4. The number of aliphatic hydroxyl groups is 1. The quantitative estimate of drug-likeness (QED) is 0.340. The summed E-state index contributed by atoms with van der Waals surface area (Å²) < 4.78 is 0. The van der Waals surface area contributed by atoms with Gasteiger partial charge >= 0.3 is 0 Å². The standard InChI is InChI=1S/C26H35N3O2/c30-26(23-13-7-8-14-23,22-11-5-2-6-12-22)25(28-31)20-29(24-15-17-27-18-16-24)19-21-9-3-1-4-10-21/h1-6,9-12,23-24,27,30-31H,7-8,13-20H2/b28-25-. The van der Waals surface area contributed by atoms with Crippen molar-refractivity contribution in [1.82, 2.24) is 10.2 Å². The Morgan fingerprint density at radius 2 is 1.55 bits per heavy atom. The number of oxime groups is 1. The first-order chi connectivity index (χ1) is 15.2. The Morgan fingerprint density at radius 1 is 0.935 bits per heavy atom. The minimum Gasteiger partial charge on any atom is -0.411 e. The number of rotatable bonds is 8. The minimum atomic E-state index is -1.24. The largest absolute Gasteiger partial charge is 0.411 e. The van der Waals surface area contributed by atoms with Crippen molar-refractivity contribution in [3.8, 4) is 0 Å². The molecule has 2 aromatic rings. The van der Waals surface area contributed by atoms with Crippen molar-refractivity contribution < 1.29 is 10.3 Å². The third kappa shape index (κ3) is 5.00. The fourth-order valence-corrected chi connectivity index (χ4v) is 5.40. The van der Waals surface area contributed by atoms with Crippen LogP contribution in [0.3, 0.4) is 0 Å². The molecular formula is C26H35N3O2. The molecular weight excluding hydrogens is 386 g/mol. The Morgan fingerprint density at radius 3 is 2.16 bits per heavy atom. The van der Waals surface area contributed by atoms with Crippen LogP contribution in [0, 0.1) is 5.92 Å². The number of piperidine rings is 1. The van der Waals surface area contributed by atoms with E-state index in [2.05, 4.69) is 39.6 Å². The Labute approximate surface area is 185 Å². The molecule has 1 aliphatic heterocycles. The molecule has 0 aromatic heterocycles. The number of nitrogens with one attached hydrogen (secondary N) is 1. The minimum absolute atomic E-state index is 0.0763. The van der Waals surface area contributed by atoms with Crippen molar-refractivity contribution >= 4 is 5.71 Å². The van der Waals surface area contributed by atoms with Gasteiger partial charge in [0.1, 0.15) is 11.3 Å². The van der Waals surface area contributed by atoms with E-state index in [4.69, 9.17) is 0 Å². The summed E-state index contributed by atoms with van der Waals surface area (Å²) in [6.07, 6.45) is 6.24. The second-order valence-corrected chi connectivity index (χ2v) is 9.03. The normalized spacial score (nSPS) is 20.8. The van der Waals surface area contributed by atoms with Crippen LogP contribution in [0.1, 0.15) is 49.7 Å². The van der Waals surface area contributed by atoms with Crippen molar-refractivity contribution in [3.05, 3.63) is 71.8 Å². The van der Waals surface area contributed by atoms with Gasteiger partial charge in [-0.1, -0.05) is 78.7 Å². The molecule has 5 heteroatoms. The number of nitrogens with zero attached hydrogens (tertiary/aromatic N) is 2. The Bertz CT molecular complexity index is 830. The maximum Gasteiger partial charge on any atom is 0.135 e. The van der Waals surface area contributed by atoms with E-state index in [9.17, 15) is 10.3 Å². The van der Waals surface area contributed by atoms with Crippen LogP contribution in [-0.4, -0.2) is 46.6 Å². The summed E-state index contributed by atoms with van der Waals surface area (Å²) in [4.78, 5) is 2.40. The molecule has 166 valence electrons. The summed E-state index contributed by atoms with van der Waals surface area (Å²) in [7, 11) is 0. The zero-order chi connectivity index (χ0) is 21.5. The summed E-state index contributed by atoms with van der Waals surface area (Å²) in [6, 6.07) is 20.7. The Hall–Kier alpha value is -2.21. The van der Waals surface area contributed by atoms with Crippen LogP contribution in [0.15, 0.2) is 65.8 Å². The average Bonchev–Trinajstić information content (AvgIpc) is 3.39. The van der Waals surface area contributed by atoms with Crippen LogP contribution in [0.5, 0.6) is 0 Å². The molecule has 31 heavy (non-hydrogen) atoms. The lowest BCUT2D eigenvalue weighted by atomic mass is 9.76. The molecule has 1 heterocycles. The van der Waals surface area contributed by atoms with Gasteiger partial charge in [0.25, 0.3) is 0 Å². The third-order valence-electron chi connectivity index (χ3n) is 7.13. The zero-order valence-corrected chi connectivity index (χ0v) is 18.3. The molecule has 1 saturated carbocycles. The zero-order valence-electron chi connectivity index (χ0n) is 18.3. The summed E-state index contributed by atoms with van der Waals surface area (Å²) in [5.74, 6) is 0.0763. The molecule has 5 nitrogen and oxygen atoms in total. The van der Waals surface area contributed by atoms with Gasteiger partial charge in [0.05, 0.1) is 0 Å². The SMILES string of the molecule is O/N=C(/CN(Cc1ccccc1)C1CCNCC1)C(O)(c1ccccc1)C1CCCC1. The van der Waals surface area contributed by atoms with Crippen molar-refractivity contribution in [2.24, 2.45) is 11.1 Å². The van der Waals surface area contributed by atoms with E-state index in [1.807, 2.05) is 36.4 Å². The Kier molecular flexibility index (Phi) is 7.38. The number of benzene rings is 2. The van der Waals surface area contributed by atoms with Gasteiger partial charge in [-0.15, -0.1) is 0 Å².